The van der Waals surface area contributed by atoms with Crippen LogP contribution in [0.4, 0.5) is 5.69 Å². The summed E-state index contributed by atoms with van der Waals surface area (Å²) in [6.45, 7) is 0.974. The fourth-order valence-electron chi connectivity index (χ4n) is 3.11. The van der Waals surface area contributed by atoms with Crippen LogP contribution >= 0.6 is 0 Å². The summed E-state index contributed by atoms with van der Waals surface area (Å²) < 4.78 is 32.5. The maximum atomic E-state index is 12.9. The third-order valence-electron chi connectivity index (χ3n) is 4.64. The molecule has 3 rings (SSSR count). The second kappa shape index (κ2) is 8.42. The number of nitrogens with zero attached hydrogens (tertiary/aromatic N) is 2. The third-order valence-corrected chi connectivity index (χ3v) is 6.53. The quantitative estimate of drug-likeness (QED) is 0.833. The predicted octanol–water partition coefficient (Wildman–Crippen LogP) is 2.99. The second-order valence-corrected chi connectivity index (χ2v) is 8.41. The molecule has 0 aliphatic carbocycles. The summed E-state index contributed by atoms with van der Waals surface area (Å²) in [6.07, 6.45) is 2.69. The van der Waals surface area contributed by atoms with Crippen LogP contribution in [0.1, 0.15) is 35.2 Å². The Labute approximate surface area is 164 Å². The number of carbonyl (C=O) groups excluding carboxylic acids is 1. The summed E-state index contributed by atoms with van der Waals surface area (Å²) in [7, 11) is -2.24. The zero-order valence-corrected chi connectivity index (χ0v) is 16.3. The first kappa shape index (κ1) is 19.9. The van der Waals surface area contributed by atoms with Gasteiger partial charge in [-0.15, -0.1) is 0 Å². The van der Waals surface area contributed by atoms with E-state index in [1.807, 2.05) is 6.07 Å². The van der Waals surface area contributed by atoms with E-state index in [1.165, 1.54) is 29.6 Å². The summed E-state index contributed by atoms with van der Waals surface area (Å²) >= 11 is 0. The Hall–Kier alpha value is -2.89. The van der Waals surface area contributed by atoms with Crippen molar-refractivity contribution in [2.75, 3.05) is 25.5 Å². The average Bonchev–Trinajstić information content (AvgIpc) is 2.74. The zero-order valence-electron chi connectivity index (χ0n) is 15.5. The van der Waals surface area contributed by atoms with E-state index in [1.54, 1.807) is 24.3 Å². The van der Waals surface area contributed by atoms with Gasteiger partial charge in [-0.25, -0.2) is 8.42 Å². The number of anilines is 1. The van der Waals surface area contributed by atoms with E-state index in [-0.39, 0.29) is 16.2 Å². The Kier molecular flexibility index (Phi) is 5.97. The molecule has 1 amide bonds. The summed E-state index contributed by atoms with van der Waals surface area (Å²) in [5.41, 5.74) is 1.10. The molecule has 8 heteroatoms. The number of hydrogen-bond donors (Lipinski definition) is 1. The highest BCUT2D eigenvalue weighted by atomic mass is 32.2. The number of rotatable bonds is 5. The van der Waals surface area contributed by atoms with Crippen LogP contribution < -0.4 is 10.1 Å². The van der Waals surface area contributed by atoms with Gasteiger partial charge in [0.1, 0.15) is 5.75 Å². The highest BCUT2D eigenvalue weighted by Gasteiger charge is 2.27. The van der Waals surface area contributed by atoms with Gasteiger partial charge in [0.15, 0.2) is 0 Å². The van der Waals surface area contributed by atoms with Crippen LogP contribution in [-0.4, -0.2) is 38.8 Å². The molecule has 0 unspecified atom stereocenters. The molecular formula is C20H21N3O4S. The summed E-state index contributed by atoms with van der Waals surface area (Å²) in [5, 5.41) is 11.6. The minimum absolute atomic E-state index is 0.0696. The van der Waals surface area contributed by atoms with E-state index in [0.29, 0.717) is 24.3 Å². The van der Waals surface area contributed by atoms with Crippen LogP contribution in [-0.2, 0) is 10.0 Å². The van der Waals surface area contributed by atoms with Crippen LogP contribution in [0.2, 0.25) is 0 Å². The van der Waals surface area contributed by atoms with Gasteiger partial charge >= 0.3 is 0 Å². The van der Waals surface area contributed by atoms with Gasteiger partial charge in [-0.05, 0) is 55.3 Å². The Morgan fingerprint density at radius 2 is 1.79 bits per heavy atom. The number of methoxy groups -OCH3 is 1. The van der Waals surface area contributed by atoms with E-state index >= 15 is 0 Å². The molecule has 0 atom stereocenters. The molecule has 1 aliphatic heterocycles. The first-order chi connectivity index (χ1) is 13.5. The van der Waals surface area contributed by atoms with Crippen molar-refractivity contribution in [3.8, 4) is 11.8 Å². The van der Waals surface area contributed by atoms with Gasteiger partial charge in [-0.3, -0.25) is 4.79 Å². The van der Waals surface area contributed by atoms with E-state index in [9.17, 15) is 13.2 Å². The molecule has 146 valence electrons. The lowest BCUT2D eigenvalue weighted by Gasteiger charge is -2.26. The molecule has 1 N–H and O–H groups in total. The van der Waals surface area contributed by atoms with Crippen molar-refractivity contribution >= 4 is 21.6 Å². The second-order valence-electron chi connectivity index (χ2n) is 6.47. The topological polar surface area (TPSA) is 99.5 Å². The fourth-order valence-corrected chi connectivity index (χ4v) is 4.65. The normalized spacial score (nSPS) is 14.9. The molecule has 0 bridgehead atoms. The molecule has 1 aliphatic rings. The largest absolute Gasteiger partial charge is 0.496 e. The molecular weight excluding hydrogens is 378 g/mol. The number of amides is 1. The number of piperidine rings is 1. The van der Waals surface area contributed by atoms with Gasteiger partial charge in [-0.2, -0.15) is 9.57 Å². The molecule has 2 aromatic carbocycles. The molecule has 1 heterocycles. The van der Waals surface area contributed by atoms with E-state index < -0.39 is 15.9 Å². The van der Waals surface area contributed by atoms with E-state index in [0.717, 1.165) is 19.3 Å². The highest BCUT2D eigenvalue weighted by Crippen LogP contribution is 2.27. The van der Waals surface area contributed by atoms with E-state index in [4.69, 9.17) is 10.00 Å². The van der Waals surface area contributed by atoms with Crippen LogP contribution in [0.15, 0.2) is 47.4 Å². The maximum Gasteiger partial charge on any atom is 0.259 e. The van der Waals surface area contributed by atoms with Gasteiger partial charge in [0, 0.05) is 18.8 Å². The third kappa shape index (κ3) is 4.16. The Morgan fingerprint density at radius 1 is 1.11 bits per heavy atom. The van der Waals surface area contributed by atoms with Gasteiger partial charge in [0.05, 0.1) is 29.2 Å². The first-order valence-corrected chi connectivity index (χ1v) is 10.4. The summed E-state index contributed by atoms with van der Waals surface area (Å²) in [6, 6.07) is 12.7. The number of hydrogen-bond acceptors (Lipinski definition) is 5. The standard InChI is InChI=1S/C20H21N3O4S/c1-27-19-10-9-17(28(25,26)23-11-3-2-4-12-23)13-18(19)20(24)22-16-7-5-15(14-21)6-8-16/h5-10,13H,2-4,11-12H2,1H3,(H,22,24). The smallest absolute Gasteiger partial charge is 0.259 e. The maximum absolute atomic E-state index is 12.9. The summed E-state index contributed by atoms with van der Waals surface area (Å²) in [4.78, 5) is 12.8. The number of sulfonamides is 1. The van der Waals surface area contributed by atoms with Gasteiger partial charge in [0.2, 0.25) is 10.0 Å². The fraction of sp³-hybridized carbons (Fsp3) is 0.300. The van der Waals surface area contributed by atoms with Crippen LogP contribution in [0, 0.1) is 11.3 Å². The molecule has 0 saturated carbocycles. The van der Waals surface area contributed by atoms with Crippen molar-refractivity contribution < 1.29 is 17.9 Å². The molecule has 7 nitrogen and oxygen atoms in total. The van der Waals surface area contributed by atoms with Crippen LogP contribution in [0.5, 0.6) is 5.75 Å². The van der Waals surface area contributed by atoms with Crippen molar-refractivity contribution in [2.24, 2.45) is 0 Å². The minimum Gasteiger partial charge on any atom is -0.496 e. The Bertz CT molecular complexity index is 1000. The van der Waals surface area contributed by atoms with Crippen molar-refractivity contribution in [1.82, 2.24) is 4.31 Å². The van der Waals surface area contributed by atoms with Crippen molar-refractivity contribution in [3.05, 3.63) is 53.6 Å². The van der Waals surface area contributed by atoms with Gasteiger partial charge < -0.3 is 10.1 Å². The first-order valence-electron chi connectivity index (χ1n) is 8.95. The predicted molar refractivity (Wildman–Crippen MR) is 105 cm³/mol. The molecule has 2 aromatic rings. The van der Waals surface area contributed by atoms with Crippen molar-refractivity contribution in [2.45, 2.75) is 24.2 Å². The molecule has 0 aromatic heterocycles. The lowest BCUT2D eigenvalue weighted by molar-refractivity contribution is 0.102. The molecule has 1 saturated heterocycles. The Balaban J connectivity index is 1.89. The minimum atomic E-state index is -3.66. The lowest BCUT2D eigenvalue weighted by atomic mass is 10.1. The van der Waals surface area contributed by atoms with E-state index in [2.05, 4.69) is 5.32 Å². The number of carbonyl (C=O) groups is 1. The number of benzene rings is 2. The average molecular weight is 399 g/mol. The van der Waals surface area contributed by atoms with Gasteiger partial charge in [-0.1, -0.05) is 6.42 Å². The molecule has 28 heavy (non-hydrogen) atoms. The van der Waals surface area contributed by atoms with Crippen molar-refractivity contribution in [1.29, 1.82) is 5.26 Å². The highest BCUT2D eigenvalue weighted by molar-refractivity contribution is 7.89. The SMILES string of the molecule is COc1ccc(S(=O)(=O)N2CCCCC2)cc1C(=O)Nc1ccc(C#N)cc1. The Morgan fingerprint density at radius 3 is 2.39 bits per heavy atom. The monoisotopic (exact) mass is 399 g/mol. The van der Waals surface area contributed by atoms with Gasteiger partial charge in [0.25, 0.3) is 5.91 Å². The molecule has 1 fully saturated rings. The number of nitrogens with one attached hydrogen (secondary N) is 1. The summed E-state index contributed by atoms with van der Waals surface area (Å²) in [5.74, 6) is -0.207. The molecule has 0 spiro atoms. The van der Waals surface area contributed by atoms with Crippen LogP contribution in [0.25, 0.3) is 0 Å². The lowest BCUT2D eigenvalue weighted by Crippen LogP contribution is -2.35. The zero-order chi connectivity index (χ0) is 20.1. The van der Waals surface area contributed by atoms with Crippen molar-refractivity contribution in [3.63, 3.8) is 0 Å². The molecule has 0 radical (unpaired) electrons. The van der Waals surface area contributed by atoms with Crippen LogP contribution in [0.3, 0.4) is 0 Å². The number of nitriles is 1. The number of ether oxygens (including phenoxy) is 1.